The van der Waals surface area contributed by atoms with Gasteiger partial charge in [-0.05, 0) is 63.9 Å². The van der Waals surface area contributed by atoms with Crippen LogP contribution in [0.4, 0.5) is 5.69 Å². The Labute approximate surface area is 158 Å². The molecule has 0 saturated heterocycles. The second kappa shape index (κ2) is 7.19. The number of thioether (sulfide) groups is 1. The lowest BCUT2D eigenvalue weighted by molar-refractivity contribution is 0.340. The molecule has 136 valence electrons. The Balaban J connectivity index is 1.49. The first-order valence-corrected chi connectivity index (χ1v) is 10.1. The lowest BCUT2D eigenvalue weighted by Gasteiger charge is -2.15. The van der Waals surface area contributed by atoms with E-state index < -0.39 is 0 Å². The minimum atomic E-state index is 0.671. The molecule has 0 unspecified atom stereocenters. The van der Waals surface area contributed by atoms with Gasteiger partial charge in [-0.15, -0.1) is 0 Å². The Hall–Kier alpha value is -2.21. The topological polar surface area (TPSA) is 50.9 Å². The van der Waals surface area contributed by atoms with E-state index >= 15 is 0 Å². The first-order valence-electron chi connectivity index (χ1n) is 9.11. The molecule has 26 heavy (non-hydrogen) atoms. The maximum Gasteiger partial charge on any atom is 0.182 e. The number of benzene rings is 1. The van der Waals surface area contributed by atoms with Gasteiger partial charge in [-0.3, -0.25) is 5.43 Å². The van der Waals surface area contributed by atoms with Crippen molar-refractivity contribution in [1.82, 2.24) is 9.99 Å². The number of hydrogen-bond acceptors (Lipinski definition) is 4. The Morgan fingerprint density at radius 2 is 2.04 bits per heavy atom. The molecule has 1 aliphatic heterocycles. The third-order valence-corrected chi connectivity index (χ3v) is 5.59. The summed E-state index contributed by atoms with van der Waals surface area (Å²) < 4.78 is 7.93. The number of ether oxygens (including phenoxy) is 1. The Kier molecular flexibility index (Phi) is 4.76. The van der Waals surface area contributed by atoms with Gasteiger partial charge in [-0.1, -0.05) is 11.8 Å². The summed E-state index contributed by atoms with van der Waals surface area (Å²) in [5, 5.41) is 5.42. The lowest BCUT2D eigenvalue weighted by Crippen LogP contribution is -2.25. The quantitative estimate of drug-likeness (QED) is 0.841. The fourth-order valence-electron chi connectivity index (χ4n) is 3.38. The maximum absolute atomic E-state index is 5.46. The molecule has 1 aromatic carbocycles. The van der Waals surface area contributed by atoms with E-state index in [0.717, 1.165) is 28.1 Å². The van der Waals surface area contributed by atoms with E-state index in [9.17, 15) is 0 Å². The number of nitrogens with zero attached hydrogens (tertiary/aromatic N) is 3. The zero-order valence-corrected chi connectivity index (χ0v) is 16.3. The first-order chi connectivity index (χ1) is 12.7. The van der Waals surface area contributed by atoms with Crippen molar-refractivity contribution in [2.24, 2.45) is 10.1 Å². The molecule has 0 bridgehead atoms. The molecule has 1 aliphatic carbocycles. The smallest absolute Gasteiger partial charge is 0.182 e. The molecule has 6 heteroatoms. The zero-order chi connectivity index (χ0) is 18.1. The summed E-state index contributed by atoms with van der Waals surface area (Å²) in [5.74, 6) is 1.70. The van der Waals surface area contributed by atoms with Gasteiger partial charge >= 0.3 is 0 Å². The van der Waals surface area contributed by atoms with Crippen LogP contribution in [0.5, 0.6) is 5.75 Å². The van der Waals surface area contributed by atoms with E-state index in [2.05, 4.69) is 40.0 Å². The third-order valence-electron chi connectivity index (χ3n) is 4.72. The van der Waals surface area contributed by atoms with Gasteiger partial charge in [0.25, 0.3) is 0 Å². The minimum Gasteiger partial charge on any atom is -0.494 e. The second-order valence-electron chi connectivity index (χ2n) is 6.69. The SMILES string of the molecule is CCOc1ccc(N=C2NN=C(c3cc(C)n(C4CC4)c3C)CS2)cc1. The average Bonchev–Trinajstić information content (AvgIpc) is 3.43. The molecule has 4 rings (SSSR count). The molecular formula is C20H24N4OS. The predicted octanol–water partition coefficient (Wildman–Crippen LogP) is 4.57. The maximum atomic E-state index is 5.46. The van der Waals surface area contributed by atoms with Crippen LogP contribution in [0, 0.1) is 13.8 Å². The van der Waals surface area contributed by atoms with Crippen molar-refractivity contribution < 1.29 is 4.74 Å². The molecule has 0 radical (unpaired) electrons. The van der Waals surface area contributed by atoms with Crippen LogP contribution in [0.25, 0.3) is 0 Å². The number of hydrazone groups is 1. The fraction of sp³-hybridized carbons (Fsp3) is 0.400. The van der Waals surface area contributed by atoms with Crippen LogP contribution in [-0.4, -0.2) is 27.8 Å². The summed E-state index contributed by atoms with van der Waals surface area (Å²) in [6, 6.07) is 10.8. The third kappa shape index (κ3) is 3.51. The van der Waals surface area contributed by atoms with E-state index in [1.165, 1.54) is 29.8 Å². The molecule has 5 nitrogen and oxygen atoms in total. The van der Waals surface area contributed by atoms with Crippen molar-refractivity contribution in [3.63, 3.8) is 0 Å². The molecule has 0 atom stereocenters. The van der Waals surface area contributed by atoms with Gasteiger partial charge in [0.1, 0.15) is 5.75 Å². The van der Waals surface area contributed by atoms with Crippen LogP contribution in [0.15, 0.2) is 40.4 Å². The summed E-state index contributed by atoms with van der Waals surface area (Å²) in [4.78, 5) is 4.63. The van der Waals surface area contributed by atoms with Gasteiger partial charge < -0.3 is 9.30 Å². The molecule has 1 N–H and O–H groups in total. The van der Waals surface area contributed by atoms with Crippen LogP contribution in [0.2, 0.25) is 0 Å². The van der Waals surface area contributed by atoms with E-state index in [4.69, 9.17) is 4.74 Å². The Morgan fingerprint density at radius 3 is 2.65 bits per heavy atom. The minimum absolute atomic E-state index is 0.671. The van der Waals surface area contributed by atoms with Gasteiger partial charge in [0.15, 0.2) is 5.17 Å². The van der Waals surface area contributed by atoms with Crippen molar-refractivity contribution in [3.05, 3.63) is 47.3 Å². The summed E-state index contributed by atoms with van der Waals surface area (Å²) in [6.45, 7) is 7.05. The van der Waals surface area contributed by atoms with E-state index in [-0.39, 0.29) is 0 Å². The van der Waals surface area contributed by atoms with Crippen LogP contribution in [0.3, 0.4) is 0 Å². The molecule has 2 aliphatic rings. The fourth-order valence-corrected chi connectivity index (χ4v) is 4.15. The molecule has 2 aromatic rings. The van der Waals surface area contributed by atoms with E-state index in [0.29, 0.717) is 12.6 Å². The summed E-state index contributed by atoms with van der Waals surface area (Å²) in [7, 11) is 0. The highest BCUT2D eigenvalue weighted by atomic mass is 32.2. The van der Waals surface area contributed by atoms with Gasteiger partial charge in [0, 0.05) is 28.7 Å². The van der Waals surface area contributed by atoms with Crippen molar-refractivity contribution in [2.45, 2.75) is 39.7 Å². The van der Waals surface area contributed by atoms with Crippen LogP contribution in [0.1, 0.15) is 42.8 Å². The summed E-state index contributed by atoms with van der Waals surface area (Å²) >= 11 is 1.69. The molecule has 0 amide bonds. The van der Waals surface area contributed by atoms with Crippen molar-refractivity contribution >= 4 is 28.3 Å². The number of aryl methyl sites for hydroxylation is 1. The second-order valence-corrected chi connectivity index (χ2v) is 7.65. The highest BCUT2D eigenvalue weighted by Crippen LogP contribution is 2.38. The molecule has 1 fully saturated rings. The molecule has 2 heterocycles. The van der Waals surface area contributed by atoms with Crippen LogP contribution < -0.4 is 10.2 Å². The van der Waals surface area contributed by atoms with Gasteiger partial charge in [0.05, 0.1) is 18.0 Å². The highest BCUT2D eigenvalue weighted by molar-refractivity contribution is 8.14. The largest absolute Gasteiger partial charge is 0.494 e. The summed E-state index contributed by atoms with van der Waals surface area (Å²) in [5.41, 5.74) is 9.04. The monoisotopic (exact) mass is 368 g/mol. The standard InChI is InChI=1S/C20H24N4OS/c1-4-25-17-9-5-15(6-10-17)21-20-23-22-19(12-26-20)18-11-13(2)24(14(18)3)16-7-8-16/h5-6,9-11,16H,4,7-8,12H2,1-3H3,(H,21,23). The van der Waals surface area contributed by atoms with E-state index in [1.807, 2.05) is 31.2 Å². The molecule has 1 aromatic heterocycles. The molecule has 1 saturated carbocycles. The van der Waals surface area contributed by atoms with Gasteiger partial charge in [-0.25, -0.2) is 4.99 Å². The number of aromatic nitrogens is 1. The van der Waals surface area contributed by atoms with Gasteiger partial charge in [0.2, 0.25) is 0 Å². The van der Waals surface area contributed by atoms with Gasteiger partial charge in [-0.2, -0.15) is 5.10 Å². The summed E-state index contributed by atoms with van der Waals surface area (Å²) in [6.07, 6.45) is 2.60. The number of amidine groups is 1. The number of rotatable bonds is 5. The lowest BCUT2D eigenvalue weighted by atomic mass is 10.1. The Bertz CT molecular complexity index is 863. The number of nitrogens with one attached hydrogen (secondary N) is 1. The first kappa shape index (κ1) is 17.2. The molecule has 0 spiro atoms. The number of aliphatic imine (C=N–C) groups is 1. The number of hydrogen-bond donors (Lipinski definition) is 1. The highest BCUT2D eigenvalue weighted by Gasteiger charge is 2.28. The molecular weight excluding hydrogens is 344 g/mol. The Morgan fingerprint density at radius 1 is 1.27 bits per heavy atom. The average molecular weight is 369 g/mol. The predicted molar refractivity (Wildman–Crippen MR) is 109 cm³/mol. The normalized spacial score (nSPS) is 18.6. The van der Waals surface area contributed by atoms with Crippen molar-refractivity contribution in [3.8, 4) is 5.75 Å². The van der Waals surface area contributed by atoms with Crippen LogP contribution >= 0.6 is 11.8 Å². The van der Waals surface area contributed by atoms with Crippen molar-refractivity contribution in [2.75, 3.05) is 12.4 Å². The van der Waals surface area contributed by atoms with E-state index in [1.54, 1.807) is 11.8 Å². The van der Waals surface area contributed by atoms with Crippen molar-refractivity contribution in [1.29, 1.82) is 0 Å². The van der Waals surface area contributed by atoms with Crippen LogP contribution in [-0.2, 0) is 0 Å². The zero-order valence-electron chi connectivity index (χ0n) is 15.5.